The quantitative estimate of drug-likeness (QED) is 0.576. The molecule has 3 saturated carbocycles. The molecule has 0 saturated heterocycles. The molecule has 3 aliphatic carbocycles. The van der Waals surface area contributed by atoms with Crippen molar-refractivity contribution in [1.82, 2.24) is 0 Å². The zero-order valence-corrected chi connectivity index (χ0v) is 14.9. The molecular weight excluding hydrogens is 292 g/mol. The Kier molecular flexibility index (Phi) is 3.48. The van der Waals surface area contributed by atoms with Crippen LogP contribution in [0, 0.1) is 22.7 Å². The number of rotatable bonds is 2. The van der Waals surface area contributed by atoms with E-state index in [1.165, 1.54) is 13.8 Å². The third-order valence-electron chi connectivity index (χ3n) is 6.58. The average Bonchev–Trinajstić information content (AvgIpc) is 2.86. The van der Waals surface area contributed by atoms with Crippen LogP contribution in [-0.2, 0) is 19.1 Å². The molecule has 0 spiro atoms. The molecule has 0 amide bonds. The van der Waals surface area contributed by atoms with Gasteiger partial charge in [0.1, 0.15) is 11.7 Å². The number of fused-ring (bicyclic) bond motifs is 3. The normalized spacial score (nSPS) is 43.9. The first-order valence-corrected chi connectivity index (χ1v) is 8.59. The first kappa shape index (κ1) is 16.5. The van der Waals surface area contributed by atoms with Gasteiger partial charge in [0, 0.05) is 31.3 Å². The molecule has 3 fully saturated rings. The van der Waals surface area contributed by atoms with Gasteiger partial charge < -0.3 is 9.47 Å². The number of carbonyl (C=O) groups is 2. The summed E-state index contributed by atoms with van der Waals surface area (Å²) in [5.74, 6) is -0.156. The summed E-state index contributed by atoms with van der Waals surface area (Å²) in [5.41, 5.74) is 0.346. The molecule has 0 N–H and O–H groups in total. The lowest BCUT2D eigenvalue weighted by atomic mass is 9.66. The zero-order chi connectivity index (χ0) is 17.2. The first-order valence-electron chi connectivity index (χ1n) is 8.59. The van der Waals surface area contributed by atoms with Gasteiger partial charge in [-0.2, -0.15) is 0 Å². The third-order valence-corrected chi connectivity index (χ3v) is 6.58. The van der Waals surface area contributed by atoms with E-state index < -0.39 is 5.60 Å². The highest BCUT2D eigenvalue weighted by atomic mass is 16.6. The molecule has 0 aliphatic heterocycles. The van der Waals surface area contributed by atoms with E-state index in [1.807, 2.05) is 0 Å². The summed E-state index contributed by atoms with van der Waals surface area (Å²) in [4.78, 5) is 23.4. The van der Waals surface area contributed by atoms with E-state index in [4.69, 9.17) is 9.47 Å². The second kappa shape index (κ2) is 4.84. The van der Waals surface area contributed by atoms with Gasteiger partial charge in [-0.1, -0.05) is 27.4 Å². The molecule has 4 nitrogen and oxygen atoms in total. The first-order chi connectivity index (χ1) is 10.5. The Morgan fingerprint density at radius 1 is 1.13 bits per heavy atom. The van der Waals surface area contributed by atoms with E-state index >= 15 is 0 Å². The van der Waals surface area contributed by atoms with Crippen LogP contribution in [0.3, 0.4) is 0 Å². The predicted octanol–water partition coefficient (Wildman–Crippen LogP) is 3.64. The Morgan fingerprint density at radius 2 is 1.78 bits per heavy atom. The van der Waals surface area contributed by atoms with E-state index in [2.05, 4.69) is 27.4 Å². The second-order valence-electron chi connectivity index (χ2n) is 8.72. The number of carbonyl (C=O) groups excluding carboxylic acids is 2. The molecule has 0 aromatic rings. The summed E-state index contributed by atoms with van der Waals surface area (Å²) < 4.78 is 11.5. The Balaban J connectivity index is 2.07. The summed E-state index contributed by atoms with van der Waals surface area (Å²) >= 11 is 0. The van der Waals surface area contributed by atoms with Gasteiger partial charge in [0.15, 0.2) is 0 Å². The van der Waals surface area contributed by atoms with Crippen molar-refractivity contribution >= 4 is 11.9 Å². The van der Waals surface area contributed by atoms with Crippen molar-refractivity contribution in [2.75, 3.05) is 0 Å². The Bertz CT molecular complexity index is 578. The van der Waals surface area contributed by atoms with Crippen molar-refractivity contribution in [3.05, 3.63) is 12.2 Å². The highest BCUT2D eigenvalue weighted by molar-refractivity contribution is 5.69. The van der Waals surface area contributed by atoms with Crippen LogP contribution in [0.5, 0.6) is 0 Å². The maximum atomic E-state index is 11.9. The zero-order valence-electron chi connectivity index (χ0n) is 14.9. The SMILES string of the molecule is C=C1[C@@H](OC(C)=O)C[C@H]2C[C@]3(C)CCC(C)(C)[C@@H]3[C@@]12OC(C)=O. The largest absolute Gasteiger partial charge is 0.458 e. The number of hydrogen-bond donors (Lipinski definition) is 0. The van der Waals surface area contributed by atoms with Gasteiger partial charge in [0.05, 0.1) is 0 Å². The number of esters is 2. The smallest absolute Gasteiger partial charge is 0.303 e. The van der Waals surface area contributed by atoms with Gasteiger partial charge in [-0.05, 0) is 36.5 Å². The average molecular weight is 320 g/mol. The predicted molar refractivity (Wildman–Crippen MR) is 86.5 cm³/mol. The molecule has 3 rings (SSSR count). The van der Waals surface area contributed by atoms with E-state index in [0.29, 0.717) is 6.42 Å². The Labute approximate surface area is 138 Å². The molecule has 0 unspecified atom stereocenters. The fraction of sp³-hybridized carbons (Fsp3) is 0.789. The molecule has 0 bridgehead atoms. The molecule has 23 heavy (non-hydrogen) atoms. The van der Waals surface area contributed by atoms with Crippen molar-refractivity contribution in [1.29, 1.82) is 0 Å². The fourth-order valence-electron chi connectivity index (χ4n) is 6.23. The van der Waals surface area contributed by atoms with Crippen LogP contribution in [0.1, 0.15) is 60.3 Å². The third kappa shape index (κ3) is 2.17. The lowest BCUT2D eigenvalue weighted by Crippen LogP contribution is -2.49. The maximum absolute atomic E-state index is 11.9. The van der Waals surface area contributed by atoms with Crippen molar-refractivity contribution < 1.29 is 19.1 Å². The van der Waals surface area contributed by atoms with Crippen LogP contribution in [0.2, 0.25) is 0 Å². The molecule has 0 aromatic heterocycles. The topological polar surface area (TPSA) is 52.6 Å². The second-order valence-corrected chi connectivity index (χ2v) is 8.72. The molecule has 0 heterocycles. The molecule has 0 radical (unpaired) electrons. The van der Waals surface area contributed by atoms with Gasteiger partial charge in [-0.3, -0.25) is 9.59 Å². The van der Waals surface area contributed by atoms with Gasteiger partial charge in [-0.15, -0.1) is 0 Å². The van der Waals surface area contributed by atoms with E-state index in [0.717, 1.165) is 24.8 Å². The van der Waals surface area contributed by atoms with Crippen LogP contribution in [-0.4, -0.2) is 23.6 Å². The van der Waals surface area contributed by atoms with Crippen LogP contribution >= 0.6 is 0 Å². The highest BCUT2D eigenvalue weighted by Gasteiger charge is 2.73. The van der Waals surface area contributed by atoms with Gasteiger partial charge in [0.25, 0.3) is 0 Å². The molecule has 5 atom stereocenters. The monoisotopic (exact) mass is 320 g/mol. The molecule has 4 heteroatoms. The molecule has 3 aliphatic rings. The lowest BCUT2D eigenvalue weighted by Gasteiger charge is -2.44. The van der Waals surface area contributed by atoms with Gasteiger partial charge >= 0.3 is 11.9 Å². The van der Waals surface area contributed by atoms with Crippen LogP contribution in [0.15, 0.2) is 12.2 Å². The summed E-state index contributed by atoms with van der Waals surface area (Å²) in [7, 11) is 0. The Hall–Kier alpha value is -1.32. The standard InChI is InChI=1S/C19H28O4/c1-11-15(22-12(2)20)9-14-10-18(6)8-7-17(4,5)16(18)19(11,14)23-13(3)21/h14-16H,1,7-10H2,2-6H3/t14-,15-,16-,18-,19+/m0/s1. The van der Waals surface area contributed by atoms with Gasteiger partial charge in [-0.25, -0.2) is 0 Å². The minimum atomic E-state index is -0.680. The van der Waals surface area contributed by atoms with E-state index in [1.54, 1.807) is 0 Å². The minimum Gasteiger partial charge on any atom is -0.458 e. The lowest BCUT2D eigenvalue weighted by molar-refractivity contribution is -0.164. The van der Waals surface area contributed by atoms with Crippen molar-refractivity contribution in [3.8, 4) is 0 Å². The minimum absolute atomic E-state index is 0.0764. The van der Waals surface area contributed by atoms with Crippen molar-refractivity contribution in [2.45, 2.75) is 72.0 Å². The van der Waals surface area contributed by atoms with Gasteiger partial charge in [0.2, 0.25) is 0 Å². The van der Waals surface area contributed by atoms with Crippen LogP contribution in [0.4, 0.5) is 0 Å². The summed E-state index contributed by atoms with van der Waals surface area (Å²) in [6.07, 6.45) is 3.65. The van der Waals surface area contributed by atoms with Crippen LogP contribution < -0.4 is 0 Å². The van der Waals surface area contributed by atoms with Crippen molar-refractivity contribution in [3.63, 3.8) is 0 Å². The van der Waals surface area contributed by atoms with Crippen LogP contribution in [0.25, 0.3) is 0 Å². The van der Waals surface area contributed by atoms with E-state index in [9.17, 15) is 9.59 Å². The fourth-order valence-corrected chi connectivity index (χ4v) is 6.23. The maximum Gasteiger partial charge on any atom is 0.303 e. The number of ether oxygens (including phenoxy) is 2. The highest BCUT2D eigenvalue weighted by Crippen LogP contribution is 2.72. The number of hydrogen-bond acceptors (Lipinski definition) is 4. The molecular formula is C19H28O4. The van der Waals surface area contributed by atoms with Crippen molar-refractivity contribution in [2.24, 2.45) is 22.7 Å². The molecule has 128 valence electrons. The molecule has 0 aromatic carbocycles. The summed E-state index contributed by atoms with van der Waals surface area (Å²) in [5, 5.41) is 0. The van der Waals surface area contributed by atoms with E-state index in [-0.39, 0.29) is 40.7 Å². The Morgan fingerprint density at radius 3 is 2.35 bits per heavy atom. The summed E-state index contributed by atoms with van der Waals surface area (Å²) in [6.45, 7) is 14.0. The summed E-state index contributed by atoms with van der Waals surface area (Å²) in [6, 6.07) is 0.